The molecule has 0 spiro atoms. The van der Waals surface area contributed by atoms with Crippen LogP contribution in [0.2, 0.25) is 0 Å². The zero-order valence-electron chi connectivity index (χ0n) is 49.7. The lowest BCUT2D eigenvalue weighted by atomic mass is 10.2. The van der Waals surface area contributed by atoms with E-state index in [0.717, 1.165) is 11.1 Å². The lowest BCUT2D eigenvalue weighted by molar-refractivity contribution is -0.0315. The molecular formula is C56H98O26S2. The summed E-state index contributed by atoms with van der Waals surface area (Å²) in [6.07, 6.45) is 0. The van der Waals surface area contributed by atoms with Crippen molar-refractivity contribution in [2.45, 2.75) is 23.6 Å². The fraction of sp³-hybridized carbons (Fsp3) is 0.786. The van der Waals surface area contributed by atoms with Gasteiger partial charge in [-0.15, -0.1) is 0 Å². The zero-order valence-corrected chi connectivity index (χ0v) is 51.4. The molecule has 2 aromatic carbocycles. The molecule has 0 aromatic heterocycles. The SMILES string of the molecule is Cc1ccc(S(=O)(=O)OCCOCCOCCOCCOCCOCCOCCOCCOCCOCCOCCOCCOCCOCCOCCOCCOCCOCCOCCOCCOCCOS(=O)(=O)c2ccc(C)cc2)cc1. The number of rotatable bonds is 67. The van der Waals surface area contributed by atoms with E-state index in [1.54, 1.807) is 24.3 Å². The summed E-state index contributed by atoms with van der Waals surface area (Å²) in [5.41, 5.74) is 1.94. The second-order valence-corrected chi connectivity index (χ2v) is 20.7. The second kappa shape index (κ2) is 58.2. The topological polar surface area (TPSA) is 271 Å². The second-order valence-electron chi connectivity index (χ2n) is 17.4. The van der Waals surface area contributed by atoms with Gasteiger partial charge in [-0.05, 0) is 38.1 Å². The Morgan fingerprint density at radius 2 is 0.298 bits per heavy atom. The lowest BCUT2D eigenvalue weighted by Crippen LogP contribution is -2.16. The van der Waals surface area contributed by atoms with Crippen LogP contribution in [0.3, 0.4) is 0 Å². The molecule has 2 rings (SSSR count). The van der Waals surface area contributed by atoms with E-state index >= 15 is 0 Å². The molecular weight excluding hydrogens is 1150 g/mol. The quantitative estimate of drug-likeness (QED) is 0.0680. The first-order valence-corrected chi connectivity index (χ1v) is 31.5. The number of hydrogen-bond acceptors (Lipinski definition) is 26. The van der Waals surface area contributed by atoms with Crippen LogP contribution in [0.15, 0.2) is 58.3 Å². The van der Waals surface area contributed by atoms with Gasteiger partial charge in [0.2, 0.25) is 0 Å². The van der Waals surface area contributed by atoms with Gasteiger partial charge >= 0.3 is 0 Å². The molecule has 0 saturated heterocycles. The average Bonchev–Trinajstić information content (AvgIpc) is 3.58. The maximum atomic E-state index is 12.1. The standard InChI is InChI=1S/C56H98O26S2/c1-53-3-7-55(8-4-53)83(57,58)81-51-49-79-47-45-77-43-41-75-39-37-73-35-33-71-31-29-69-27-25-67-23-21-65-19-17-63-15-13-61-11-12-62-14-16-64-18-20-66-22-24-68-26-28-70-30-32-72-34-36-74-38-40-76-42-44-78-46-48-80-50-52-82-84(59,60)56-9-5-54(2)6-10-56/h3-10H,11-52H2,1-2H3. The number of aryl methyl sites for hydroxylation is 2. The van der Waals surface area contributed by atoms with Crippen molar-refractivity contribution in [3.05, 3.63) is 59.7 Å². The van der Waals surface area contributed by atoms with E-state index in [2.05, 4.69) is 0 Å². The van der Waals surface area contributed by atoms with E-state index in [-0.39, 0.29) is 36.2 Å². The molecule has 0 aliphatic heterocycles. The molecule has 0 saturated carbocycles. The largest absolute Gasteiger partial charge is 0.377 e. The van der Waals surface area contributed by atoms with Crippen molar-refractivity contribution >= 4 is 20.2 Å². The van der Waals surface area contributed by atoms with Gasteiger partial charge in [0.05, 0.1) is 287 Å². The van der Waals surface area contributed by atoms with Crippen molar-refractivity contribution in [3.63, 3.8) is 0 Å². The van der Waals surface area contributed by atoms with Gasteiger partial charge < -0.3 is 94.7 Å². The number of hydrogen-bond donors (Lipinski definition) is 0. The molecule has 84 heavy (non-hydrogen) atoms. The lowest BCUT2D eigenvalue weighted by Gasteiger charge is -2.09. The van der Waals surface area contributed by atoms with Crippen LogP contribution in [-0.4, -0.2) is 294 Å². The van der Waals surface area contributed by atoms with Crippen molar-refractivity contribution in [1.29, 1.82) is 0 Å². The highest BCUT2D eigenvalue weighted by Crippen LogP contribution is 2.14. The van der Waals surface area contributed by atoms with Crippen molar-refractivity contribution in [2.75, 3.05) is 277 Å². The Kier molecular flexibility index (Phi) is 53.7. The van der Waals surface area contributed by atoms with Crippen molar-refractivity contribution < 1.29 is 120 Å². The third-order valence-electron chi connectivity index (χ3n) is 10.6. The van der Waals surface area contributed by atoms with Gasteiger partial charge in [0.15, 0.2) is 0 Å². The third-order valence-corrected chi connectivity index (χ3v) is 13.3. The van der Waals surface area contributed by atoms with E-state index in [0.29, 0.717) is 251 Å². The van der Waals surface area contributed by atoms with Crippen LogP contribution in [0.4, 0.5) is 0 Å². The van der Waals surface area contributed by atoms with E-state index in [4.69, 9.17) is 103 Å². The first-order valence-electron chi connectivity index (χ1n) is 28.7. The zero-order chi connectivity index (χ0) is 60.2. The summed E-state index contributed by atoms with van der Waals surface area (Å²) >= 11 is 0. The van der Waals surface area contributed by atoms with E-state index in [1.807, 2.05) is 13.8 Å². The third kappa shape index (κ3) is 50.5. The molecule has 28 heteroatoms. The molecule has 0 atom stereocenters. The summed E-state index contributed by atoms with van der Waals surface area (Å²) in [7, 11) is -7.58. The predicted octanol–water partition coefficient (Wildman–Crippen LogP) is 2.75. The first kappa shape index (κ1) is 77.6. The van der Waals surface area contributed by atoms with Crippen LogP contribution in [0, 0.1) is 13.8 Å². The Hall–Kier alpha value is -2.54. The van der Waals surface area contributed by atoms with Gasteiger partial charge in [0, 0.05) is 0 Å². The molecule has 0 aliphatic rings. The number of ether oxygens (including phenoxy) is 20. The van der Waals surface area contributed by atoms with Gasteiger partial charge in [0.25, 0.3) is 20.2 Å². The summed E-state index contributed by atoms with van der Waals surface area (Å²) in [6, 6.07) is 12.9. The molecule has 0 fully saturated rings. The summed E-state index contributed by atoms with van der Waals surface area (Å²) in [5.74, 6) is 0. The summed E-state index contributed by atoms with van der Waals surface area (Å²) in [4.78, 5) is 0.240. The van der Waals surface area contributed by atoms with Crippen LogP contribution in [0.5, 0.6) is 0 Å². The van der Waals surface area contributed by atoms with Gasteiger partial charge in [-0.2, -0.15) is 16.8 Å². The Bertz CT molecular complexity index is 1780. The summed E-state index contributed by atoms with van der Waals surface area (Å²) < 4.78 is 168. The summed E-state index contributed by atoms with van der Waals surface area (Å²) in [6.45, 7) is 20.8. The van der Waals surface area contributed by atoms with E-state index in [1.165, 1.54) is 24.3 Å². The van der Waals surface area contributed by atoms with Gasteiger partial charge in [-0.25, -0.2) is 0 Å². The van der Waals surface area contributed by atoms with Crippen molar-refractivity contribution in [3.8, 4) is 0 Å². The molecule has 0 bridgehead atoms. The predicted molar refractivity (Wildman–Crippen MR) is 305 cm³/mol. The molecule has 26 nitrogen and oxygen atoms in total. The maximum absolute atomic E-state index is 12.1. The highest BCUT2D eigenvalue weighted by Gasteiger charge is 2.16. The Balaban J connectivity index is 1.11. The van der Waals surface area contributed by atoms with Crippen LogP contribution in [0.25, 0.3) is 0 Å². The number of benzene rings is 2. The molecule has 0 heterocycles. The van der Waals surface area contributed by atoms with Crippen molar-refractivity contribution in [2.24, 2.45) is 0 Å². The highest BCUT2D eigenvalue weighted by atomic mass is 32.2. The minimum absolute atomic E-state index is 0.0704. The molecule has 2 aromatic rings. The Morgan fingerprint density at radius 3 is 0.417 bits per heavy atom. The summed E-state index contributed by atoms with van der Waals surface area (Å²) in [5, 5.41) is 0. The molecule has 0 N–H and O–H groups in total. The molecule has 0 amide bonds. The van der Waals surface area contributed by atoms with Gasteiger partial charge in [-0.3, -0.25) is 8.37 Å². The van der Waals surface area contributed by atoms with Gasteiger partial charge in [0.1, 0.15) is 0 Å². The first-order chi connectivity index (χ1) is 41.2. The van der Waals surface area contributed by atoms with Crippen LogP contribution in [0.1, 0.15) is 11.1 Å². The maximum Gasteiger partial charge on any atom is 0.297 e. The molecule has 0 unspecified atom stereocenters. The normalized spacial score (nSPS) is 12.1. The Morgan fingerprint density at radius 1 is 0.190 bits per heavy atom. The van der Waals surface area contributed by atoms with Crippen LogP contribution < -0.4 is 0 Å². The minimum Gasteiger partial charge on any atom is -0.377 e. The molecule has 490 valence electrons. The van der Waals surface area contributed by atoms with E-state index in [9.17, 15) is 16.8 Å². The fourth-order valence-electron chi connectivity index (χ4n) is 6.23. The Labute approximate surface area is 499 Å². The smallest absolute Gasteiger partial charge is 0.297 e. The van der Waals surface area contributed by atoms with Crippen molar-refractivity contribution in [1.82, 2.24) is 0 Å². The van der Waals surface area contributed by atoms with Crippen LogP contribution in [-0.2, 0) is 123 Å². The van der Waals surface area contributed by atoms with E-state index < -0.39 is 20.2 Å². The molecule has 0 aliphatic carbocycles. The molecule has 0 radical (unpaired) electrons. The van der Waals surface area contributed by atoms with Crippen LogP contribution >= 0.6 is 0 Å². The van der Waals surface area contributed by atoms with Gasteiger partial charge in [-0.1, -0.05) is 35.4 Å². The highest BCUT2D eigenvalue weighted by molar-refractivity contribution is 7.87. The fourth-order valence-corrected chi connectivity index (χ4v) is 8.02. The monoisotopic (exact) mass is 1250 g/mol. The average molecular weight is 1250 g/mol. The minimum atomic E-state index is -3.79.